The zero-order valence-electron chi connectivity index (χ0n) is 10.7. The molecule has 1 aliphatic rings. The Morgan fingerprint density at radius 1 is 1.38 bits per heavy atom. The van der Waals surface area contributed by atoms with Gasteiger partial charge in [0, 0.05) is 24.5 Å². The first kappa shape index (κ1) is 11.8. The molecule has 0 bridgehead atoms. The fraction of sp³-hybridized carbons (Fsp3) is 0.727. The molecule has 1 fully saturated rings. The number of nitrogens with zero attached hydrogens (tertiary/aromatic N) is 4. The molecule has 0 radical (unpaired) electrons. The molecule has 0 N–H and O–H groups in total. The van der Waals surface area contributed by atoms with Gasteiger partial charge in [-0.15, -0.1) is 0 Å². The number of rotatable bonds is 2. The maximum Gasteiger partial charge on any atom is 0.307 e. The van der Waals surface area contributed by atoms with Crippen LogP contribution in [0.25, 0.3) is 0 Å². The van der Waals surface area contributed by atoms with Crippen molar-refractivity contribution in [2.45, 2.75) is 38.8 Å². The highest BCUT2D eigenvalue weighted by atomic mass is 28.3. The summed E-state index contributed by atoms with van der Waals surface area (Å²) in [6, 6.07) is 1.41. The van der Waals surface area contributed by atoms with E-state index in [0.717, 1.165) is 6.04 Å². The van der Waals surface area contributed by atoms with Crippen LogP contribution in [0.15, 0.2) is 18.7 Å². The van der Waals surface area contributed by atoms with Gasteiger partial charge in [0.1, 0.15) is 0 Å². The van der Waals surface area contributed by atoms with Crippen molar-refractivity contribution in [3.63, 3.8) is 0 Å². The summed E-state index contributed by atoms with van der Waals surface area (Å²) in [4.78, 5) is 4.19. The molecular weight excluding hydrogens is 216 g/mol. The Hall–Kier alpha value is -0.653. The number of hydrogen-bond acceptors (Lipinski definition) is 3. The van der Waals surface area contributed by atoms with E-state index in [1.165, 1.54) is 12.8 Å². The lowest BCUT2D eigenvalue weighted by Crippen LogP contribution is -2.64. The van der Waals surface area contributed by atoms with Gasteiger partial charge in [-0.2, -0.15) is 0 Å². The zero-order valence-corrected chi connectivity index (χ0v) is 11.8. The van der Waals surface area contributed by atoms with Gasteiger partial charge in [-0.1, -0.05) is 13.8 Å². The summed E-state index contributed by atoms with van der Waals surface area (Å²) in [7, 11) is 3.29. The van der Waals surface area contributed by atoms with Crippen LogP contribution >= 0.6 is 0 Å². The quantitative estimate of drug-likeness (QED) is 0.715. The van der Waals surface area contributed by atoms with Gasteiger partial charge < -0.3 is 4.23 Å². The summed E-state index contributed by atoms with van der Waals surface area (Å²) < 4.78 is 7.45. The minimum Gasteiger partial charge on any atom is -0.341 e. The van der Waals surface area contributed by atoms with E-state index in [4.69, 9.17) is 0 Å². The normalized spacial score (nSPS) is 33.1. The maximum atomic E-state index is 4.19. The monoisotopic (exact) mass is 238 g/mol. The molecule has 0 aromatic carbocycles. The summed E-state index contributed by atoms with van der Waals surface area (Å²) in [6.07, 6.45) is 8.48. The Labute approximate surface area is 99.7 Å². The molecule has 3 atom stereocenters. The molecule has 0 amide bonds. The fourth-order valence-electron chi connectivity index (χ4n) is 2.71. The average molecular weight is 238 g/mol. The molecule has 1 aromatic heterocycles. The SMILES string of the molecule is CCC1CC(C)N(C)[SiH](n2ccnc2)N1C. The molecule has 1 saturated heterocycles. The average Bonchev–Trinajstić information content (AvgIpc) is 2.77. The molecule has 1 aromatic rings. The third-order valence-electron chi connectivity index (χ3n) is 3.88. The van der Waals surface area contributed by atoms with Gasteiger partial charge in [0.25, 0.3) is 0 Å². The van der Waals surface area contributed by atoms with Crippen molar-refractivity contribution in [1.29, 1.82) is 0 Å². The molecule has 90 valence electrons. The third-order valence-corrected chi connectivity index (χ3v) is 7.10. The fourth-order valence-corrected chi connectivity index (χ4v) is 5.84. The van der Waals surface area contributed by atoms with Crippen molar-refractivity contribution in [3.8, 4) is 0 Å². The summed E-state index contributed by atoms with van der Waals surface area (Å²) in [5, 5.41) is 0. The van der Waals surface area contributed by atoms with E-state index in [1.807, 2.05) is 12.5 Å². The standard InChI is InChI=1S/C11H22N4Si/c1-5-11-8-10(2)13(3)16(14(11)4)15-7-6-12-9-15/h6-7,9-11,16H,5,8H2,1-4H3. The first-order valence-corrected chi connectivity index (χ1v) is 7.61. The molecule has 2 heterocycles. The summed E-state index contributed by atoms with van der Waals surface area (Å²) in [5.74, 6) is 0. The molecule has 2 rings (SSSR count). The summed E-state index contributed by atoms with van der Waals surface area (Å²) in [6.45, 7) is 4.63. The van der Waals surface area contributed by atoms with Crippen molar-refractivity contribution >= 4 is 9.28 Å². The van der Waals surface area contributed by atoms with E-state index < -0.39 is 9.28 Å². The van der Waals surface area contributed by atoms with Gasteiger partial charge in [-0.05, 0) is 26.9 Å². The minimum absolute atomic E-state index is 0.681. The Morgan fingerprint density at radius 3 is 2.69 bits per heavy atom. The second-order valence-corrected chi connectivity index (χ2v) is 7.75. The minimum atomic E-state index is -1.24. The highest BCUT2D eigenvalue weighted by Crippen LogP contribution is 2.22. The van der Waals surface area contributed by atoms with E-state index in [9.17, 15) is 0 Å². The van der Waals surface area contributed by atoms with Crippen molar-refractivity contribution in [1.82, 2.24) is 18.3 Å². The maximum absolute atomic E-state index is 4.19. The van der Waals surface area contributed by atoms with Gasteiger partial charge in [0.15, 0.2) is 0 Å². The lowest BCUT2D eigenvalue weighted by molar-refractivity contribution is 0.197. The highest BCUT2D eigenvalue weighted by molar-refractivity contribution is 6.51. The van der Waals surface area contributed by atoms with Crippen molar-refractivity contribution in [2.75, 3.05) is 14.1 Å². The molecule has 0 aliphatic carbocycles. The van der Waals surface area contributed by atoms with Crippen LogP contribution in [-0.4, -0.2) is 53.8 Å². The largest absolute Gasteiger partial charge is 0.341 e. The van der Waals surface area contributed by atoms with Crippen LogP contribution in [0.5, 0.6) is 0 Å². The van der Waals surface area contributed by atoms with E-state index in [-0.39, 0.29) is 0 Å². The zero-order chi connectivity index (χ0) is 11.7. The van der Waals surface area contributed by atoms with Gasteiger partial charge in [-0.25, -0.2) is 4.98 Å². The molecule has 0 saturated carbocycles. The predicted molar refractivity (Wildman–Crippen MR) is 68.5 cm³/mol. The first-order valence-electron chi connectivity index (χ1n) is 6.06. The Bertz CT molecular complexity index is 327. The first-order chi connectivity index (χ1) is 7.65. The second kappa shape index (κ2) is 4.69. The highest BCUT2D eigenvalue weighted by Gasteiger charge is 2.37. The van der Waals surface area contributed by atoms with Crippen LogP contribution in [-0.2, 0) is 0 Å². The van der Waals surface area contributed by atoms with Gasteiger partial charge in [0.2, 0.25) is 0 Å². The van der Waals surface area contributed by atoms with Crippen molar-refractivity contribution in [3.05, 3.63) is 18.7 Å². The van der Waals surface area contributed by atoms with E-state index >= 15 is 0 Å². The molecule has 3 unspecified atom stereocenters. The van der Waals surface area contributed by atoms with Crippen LogP contribution in [0.4, 0.5) is 0 Å². The predicted octanol–water partition coefficient (Wildman–Crippen LogP) is 0.883. The molecule has 1 aliphatic heterocycles. The van der Waals surface area contributed by atoms with Crippen LogP contribution < -0.4 is 0 Å². The Morgan fingerprint density at radius 2 is 2.12 bits per heavy atom. The molecule has 4 nitrogen and oxygen atoms in total. The Kier molecular flexibility index (Phi) is 3.46. The van der Waals surface area contributed by atoms with Gasteiger partial charge >= 0.3 is 9.28 Å². The van der Waals surface area contributed by atoms with Crippen molar-refractivity contribution in [2.24, 2.45) is 0 Å². The van der Waals surface area contributed by atoms with E-state index in [2.05, 4.69) is 52.5 Å². The van der Waals surface area contributed by atoms with Crippen LogP contribution in [0.2, 0.25) is 0 Å². The molecule has 0 spiro atoms. The van der Waals surface area contributed by atoms with Crippen LogP contribution in [0.3, 0.4) is 0 Å². The van der Waals surface area contributed by atoms with E-state index in [0.29, 0.717) is 6.04 Å². The third kappa shape index (κ3) is 1.94. The number of hydrogen-bond donors (Lipinski definition) is 0. The molecule has 5 heteroatoms. The van der Waals surface area contributed by atoms with E-state index in [1.54, 1.807) is 0 Å². The van der Waals surface area contributed by atoms with Gasteiger partial charge in [0.05, 0.1) is 6.33 Å². The smallest absolute Gasteiger partial charge is 0.307 e. The Balaban J connectivity index is 2.26. The van der Waals surface area contributed by atoms with Crippen molar-refractivity contribution < 1.29 is 0 Å². The lowest BCUT2D eigenvalue weighted by atomic mass is 10.1. The molecular formula is C11H22N4Si. The number of imidazole rings is 1. The molecule has 16 heavy (non-hydrogen) atoms. The van der Waals surface area contributed by atoms with Gasteiger partial charge in [-0.3, -0.25) is 9.13 Å². The topological polar surface area (TPSA) is 24.3 Å². The lowest BCUT2D eigenvalue weighted by Gasteiger charge is -2.47. The summed E-state index contributed by atoms with van der Waals surface area (Å²) in [5.41, 5.74) is 0. The second-order valence-electron chi connectivity index (χ2n) is 4.83. The van der Waals surface area contributed by atoms with Crippen LogP contribution in [0, 0.1) is 0 Å². The summed E-state index contributed by atoms with van der Waals surface area (Å²) >= 11 is 0. The van der Waals surface area contributed by atoms with Crippen LogP contribution in [0.1, 0.15) is 26.7 Å². The number of aromatic nitrogens is 2.